The zero-order valence-electron chi connectivity index (χ0n) is 11.8. The van der Waals surface area contributed by atoms with E-state index in [2.05, 4.69) is 22.4 Å². The Bertz CT molecular complexity index is 554. The van der Waals surface area contributed by atoms with E-state index in [9.17, 15) is 0 Å². The Morgan fingerprint density at radius 3 is 2.95 bits per heavy atom. The van der Waals surface area contributed by atoms with E-state index in [1.54, 1.807) is 6.92 Å². The molecular weight excluding hydrogens is 256 g/mol. The second-order valence-electron chi connectivity index (χ2n) is 4.51. The van der Waals surface area contributed by atoms with E-state index in [-0.39, 0.29) is 0 Å². The van der Waals surface area contributed by atoms with Gasteiger partial charge in [0.25, 0.3) is 0 Å². The van der Waals surface area contributed by atoms with Gasteiger partial charge in [0, 0.05) is 24.7 Å². The molecule has 0 bridgehead atoms. The number of ether oxygens (including phenoxy) is 1. The summed E-state index contributed by atoms with van der Waals surface area (Å²) in [5.41, 5.74) is 7.48. The zero-order chi connectivity index (χ0) is 14.4. The van der Waals surface area contributed by atoms with Crippen molar-refractivity contribution in [3.63, 3.8) is 0 Å². The standard InChI is InChI=1S/C14H20N4O2/c1-3-8-19-13-9-11(4-5-12(13)15)16-7-6-14-17-10(2)18-20-14/h4-5,9,16H,3,6-8,15H2,1-2H3. The molecule has 108 valence electrons. The van der Waals surface area contributed by atoms with Gasteiger partial charge in [-0.05, 0) is 25.5 Å². The summed E-state index contributed by atoms with van der Waals surface area (Å²) < 4.78 is 10.6. The fourth-order valence-electron chi connectivity index (χ4n) is 1.74. The number of anilines is 2. The van der Waals surface area contributed by atoms with Gasteiger partial charge in [-0.25, -0.2) is 0 Å². The molecule has 0 unspecified atom stereocenters. The molecule has 6 heteroatoms. The van der Waals surface area contributed by atoms with Gasteiger partial charge in [0.05, 0.1) is 12.3 Å². The maximum atomic E-state index is 5.87. The fourth-order valence-corrected chi connectivity index (χ4v) is 1.74. The Hall–Kier alpha value is -2.24. The molecule has 2 aromatic rings. The molecule has 0 amide bonds. The Morgan fingerprint density at radius 2 is 2.25 bits per heavy atom. The van der Waals surface area contributed by atoms with Crippen LogP contribution in [0.4, 0.5) is 11.4 Å². The zero-order valence-corrected chi connectivity index (χ0v) is 11.8. The molecule has 1 aromatic carbocycles. The smallest absolute Gasteiger partial charge is 0.228 e. The molecule has 0 saturated carbocycles. The van der Waals surface area contributed by atoms with Crippen LogP contribution in [0.1, 0.15) is 25.1 Å². The largest absolute Gasteiger partial charge is 0.491 e. The minimum absolute atomic E-state index is 0.632. The van der Waals surface area contributed by atoms with Crippen molar-refractivity contribution in [3.05, 3.63) is 29.9 Å². The van der Waals surface area contributed by atoms with Crippen molar-refractivity contribution in [2.75, 3.05) is 24.2 Å². The van der Waals surface area contributed by atoms with Crippen LogP contribution < -0.4 is 15.8 Å². The minimum atomic E-state index is 0.632. The Kier molecular flexibility index (Phi) is 4.81. The highest BCUT2D eigenvalue weighted by Gasteiger charge is 2.04. The lowest BCUT2D eigenvalue weighted by Crippen LogP contribution is -2.06. The molecule has 0 aliphatic rings. The van der Waals surface area contributed by atoms with Crippen LogP contribution in [-0.4, -0.2) is 23.3 Å². The predicted octanol–water partition coefficient (Wildman–Crippen LogP) is 2.40. The van der Waals surface area contributed by atoms with Crippen molar-refractivity contribution >= 4 is 11.4 Å². The summed E-state index contributed by atoms with van der Waals surface area (Å²) in [5, 5.41) is 7.03. The summed E-state index contributed by atoms with van der Waals surface area (Å²) in [6, 6.07) is 5.67. The number of nitrogens with two attached hydrogens (primary N) is 1. The van der Waals surface area contributed by atoms with E-state index in [0.29, 0.717) is 42.7 Å². The summed E-state index contributed by atoms with van der Waals surface area (Å²) in [7, 11) is 0. The predicted molar refractivity (Wildman–Crippen MR) is 77.9 cm³/mol. The van der Waals surface area contributed by atoms with E-state index in [4.69, 9.17) is 15.0 Å². The van der Waals surface area contributed by atoms with Gasteiger partial charge in [-0.2, -0.15) is 4.98 Å². The normalized spacial score (nSPS) is 10.5. The van der Waals surface area contributed by atoms with Crippen LogP contribution in [0.25, 0.3) is 0 Å². The van der Waals surface area contributed by atoms with Gasteiger partial charge in [0.2, 0.25) is 5.89 Å². The number of nitrogen functional groups attached to an aromatic ring is 1. The summed E-state index contributed by atoms with van der Waals surface area (Å²) in [6.07, 6.45) is 1.63. The minimum Gasteiger partial charge on any atom is -0.491 e. The van der Waals surface area contributed by atoms with Gasteiger partial charge in [0.15, 0.2) is 5.82 Å². The summed E-state index contributed by atoms with van der Waals surface area (Å²) in [5.74, 6) is 2.00. The quantitative estimate of drug-likeness (QED) is 0.755. The second-order valence-corrected chi connectivity index (χ2v) is 4.51. The molecule has 3 N–H and O–H groups in total. The lowest BCUT2D eigenvalue weighted by atomic mass is 10.2. The van der Waals surface area contributed by atoms with Crippen LogP contribution in [0.15, 0.2) is 22.7 Å². The first-order chi connectivity index (χ1) is 9.69. The monoisotopic (exact) mass is 276 g/mol. The average Bonchev–Trinajstić information content (AvgIpc) is 2.85. The van der Waals surface area contributed by atoms with Gasteiger partial charge in [0.1, 0.15) is 5.75 Å². The van der Waals surface area contributed by atoms with Crippen LogP contribution in [0, 0.1) is 6.92 Å². The van der Waals surface area contributed by atoms with Crippen LogP contribution in [0.3, 0.4) is 0 Å². The first-order valence-electron chi connectivity index (χ1n) is 6.74. The molecule has 0 atom stereocenters. The highest BCUT2D eigenvalue weighted by Crippen LogP contribution is 2.25. The SMILES string of the molecule is CCCOc1cc(NCCc2nc(C)no2)ccc1N. The molecule has 0 radical (unpaired) electrons. The van der Waals surface area contributed by atoms with E-state index in [1.165, 1.54) is 0 Å². The molecule has 1 heterocycles. The Labute approximate surface area is 118 Å². The molecule has 0 spiro atoms. The second kappa shape index (κ2) is 6.79. The maximum Gasteiger partial charge on any atom is 0.228 e. The lowest BCUT2D eigenvalue weighted by Gasteiger charge is -2.11. The molecule has 0 saturated heterocycles. The van der Waals surface area contributed by atoms with Gasteiger partial charge in [-0.3, -0.25) is 0 Å². The highest BCUT2D eigenvalue weighted by atomic mass is 16.5. The topological polar surface area (TPSA) is 86.2 Å². The van der Waals surface area contributed by atoms with E-state index in [1.807, 2.05) is 18.2 Å². The molecule has 1 aromatic heterocycles. The van der Waals surface area contributed by atoms with Crippen molar-refractivity contribution in [2.45, 2.75) is 26.7 Å². The molecule has 0 aliphatic heterocycles. The van der Waals surface area contributed by atoms with E-state index < -0.39 is 0 Å². The number of hydrogen-bond donors (Lipinski definition) is 2. The first-order valence-corrected chi connectivity index (χ1v) is 6.74. The maximum absolute atomic E-state index is 5.87. The molecule has 20 heavy (non-hydrogen) atoms. The third-order valence-corrected chi connectivity index (χ3v) is 2.71. The van der Waals surface area contributed by atoms with Crippen molar-refractivity contribution in [3.8, 4) is 5.75 Å². The van der Waals surface area contributed by atoms with Gasteiger partial charge in [-0.1, -0.05) is 12.1 Å². The summed E-state index contributed by atoms with van der Waals surface area (Å²) in [4.78, 5) is 4.15. The van der Waals surface area contributed by atoms with Crippen molar-refractivity contribution in [1.82, 2.24) is 10.1 Å². The molecule has 0 aliphatic carbocycles. The average molecular weight is 276 g/mol. The van der Waals surface area contributed by atoms with Gasteiger partial charge < -0.3 is 20.3 Å². The molecule has 6 nitrogen and oxygen atoms in total. The molecule has 0 fully saturated rings. The van der Waals surface area contributed by atoms with E-state index >= 15 is 0 Å². The number of benzene rings is 1. The number of aromatic nitrogens is 2. The third kappa shape index (κ3) is 3.88. The lowest BCUT2D eigenvalue weighted by molar-refractivity contribution is 0.319. The van der Waals surface area contributed by atoms with Crippen molar-refractivity contribution < 1.29 is 9.26 Å². The van der Waals surface area contributed by atoms with Crippen molar-refractivity contribution in [1.29, 1.82) is 0 Å². The number of nitrogens with one attached hydrogen (secondary N) is 1. The van der Waals surface area contributed by atoms with Crippen LogP contribution in [-0.2, 0) is 6.42 Å². The highest BCUT2D eigenvalue weighted by molar-refractivity contribution is 5.61. The van der Waals surface area contributed by atoms with Gasteiger partial charge in [-0.15, -0.1) is 0 Å². The summed E-state index contributed by atoms with van der Waals surface area (Å²) >= 11 is 0. The van der Waals surface area contributed by atoms with E-state index in [0.717, 1.165) is 12.1 Å². The number of aryl methyl sites for hydroxylation is 1. The van der Waals surface area contributed by atoms with Crippen molar-refractivity contribution in [2.24, 2.45) is 0 Å². The fraction of sp³-hybridized carbons (Fsp3) is 0.429. The van der Waals surface area contributed by atoms with Crippen LogP contribution >= 0.6 is 0 Å². The van der Waals surface area contributed by atoms with Crippen LogP contribution in [0.5, 0.6) is 5.75 Å². The third-order valence-electron chi connectivity index (χ3n) is 2.71. The Morgan fingerprint density at radius 1 is 1.40 bits per heavy atom. The molecule has 2 rings (SSSR count). The Balaban J connectivity index is 1.89. The number of hydrogen-bond acceptors (Lipinski definition) is 6. The van der Waals surface area contributed by atoms with Gasteiger partial charge >= 0.3 is 0 Å². The molecular formula is C14H20N4O2. The number of rotatable bonds is 7. The first kappa shape index (κ1) is 14.2. The summed E-state index contributed by atoms with van der Waals surface area (Å²) in [6.45, 7) is 5.23. The number of nitrogens with zero attached hydrogens (tertiary/aromatic N) is 2. The van der Waals surface area contributed by atoms with Crippen LogP contribution in [0.2, 0.25) is 0 Å².